The number of benzene rings is 1. The zero-order chi connectivity index (χ0) is 11.0. The summed E-state index contributed by atoms with van der Waals surface area (Å²) in [6, 6.07) is 8.66. The monoisotopic (exact) mass is 216 g/mol. The van der Waals surface area contributed by atoms with Gasteiger partial charge in [-0.1, -0.05) is 12.1 Å². The second-order valence-corrected chi connectivity index (χ2v) is 4.32. The smallest absolute Gasteiger partial charge is 0.204 e. The molecule has 1 aliphatic rings. The highest BCUT2D eigenvalue weighted by Gasteiger charge is 2.20. The lowest BCUT2D eigenvalue weighted by atomic mass is 10.2. The highest BCUT2D eigenvalue weighted by Crippen LogP contribution is 2.19. The molecule has 1 aromatic carbocycles. The van der Waals surface area contributed by atoms with Gasteiger partial charge in [-0.25, -0.2) is 4.98 Å². The fraction of sp³-hybridized carbons (Fsp3) is 0.417. The van der Waals surface area contributed by atoms with Crippen molar-refractivity contribution in [3.05, 3.63) is 24.3 Å². The Hall–Kier alpha value is -1.55. The average Bonchev–Trinajstić information content (AvgIpc) is 2.73. The quantitative estimate of drug-likeness (QED) is 0.756. The van der Waals surface area contributed by atoms with Crippen LogP contribution in [0.4, 0.5) is 5.95 Å². The average molecular weight is 216 g/mol. The first-order valence-corrected chi connectivity index (χ1v) is 5.77. The molecule has 2 heterocycles. The summed E-state index contributed by atoms with van der Waals surface area (Å²) >= 11 is 0. The van der Waals surface area contributed by atoms with Gasteiger partial charge in [0, 0.05) is 25.7 Å². The minimum absolute atomic E-state index is 0.495. The van der Waals surface area contributed by atoms with Gasteiger partial charge in [0.25, 0.3) is 0 Å². The number of fused-ring (bicyclic) bond motifs is 1. The number of hydrogen-bond donors (Lipinski definition) is 2. The number of nitrogens with zero attached hydrogens (tertiary/aromatic N) is 2. The van der Waals surface area contributed by atoms with E-state index in [1.807, 2.05) is 18.2 Å². The second-order valence-electron chi connectivity index (χ2n) is 4.32. The van der Waals surface area contributed by atoms with Crippen LogP contribution in [0.3, 0.4) is 0 Å². The lowest BCUT2D eigenvalue weighted by Crippen LogP contribution is -2.50. The maximum atomic E-state index is 4.63. The summed E-state index contributed by atoms with van der Waals surface area (Å²) < 4.78 is 0. The van der Waals surface area contributed by atoms with Crippen molar-refractivity contribution >= 4 is 17.0 Å². The van der Waals surface area contributed by atoms with E-state index in [-0.39, 0.29) is 0 Å². The number of H-pyrrole nitrogens is 1. The van der Waals surface area contributed by atoms with Crippen molar-refractivity contribution in [2.75, 3.05) is 24.5 Å². The molecule has 4 heteroatoms. The summed E-state index contributed by atoms with van der Waals surface area (Å²) in [7, 11) is 0. The molecule has 2 N–H and O–H groups in total. The first kappa shape index (κ1) is 9.66. The second kappa shape index (κ2) is 3.79. The van der Waals surface area contributed by atoms with Crippen LogP contribution in [0.15, 0.2) is 24.3 Å². The van der Waals surface area contributed by atoms with E-state index in [2.05, 4.69) is 33.2 Å². The van der Waals surface area contributed by atoms with Crippen molar-refractivity contribution in [3.8, 4) is 0 Å². The van der Waals surface area contributed by atoms with E-state index in [9.17, 15) is 0 Å². The molecule has 1 aliphatic heterocycles. The van der Waals surface area contributed by atoms with E-state index in [0.717, 1.165) is 36.6 Å². The molecular weight excluding hydrogens is 200 g/mol. The fourth-order valence-electron chi connectivity index (χ4n) is 2.23. The summed E-state index contributed by atoms with van der Waals surface area (Å²) in [6.07, 6.45) is 0. The number of imidazole rings is 1. The number of nitrogens with one attached hydrogen (secondary N) is 2. The number of anilines is 1. The number of piperazine rings is 1. The van der Waals surface area contributed by atoms with E-state index in [1.54, 1.807) is 0 Å². The Labute approximate surface area is 94.7 Å². The van der Waals surface area contributed by atoms with Crippen molar-refractivity contribution in [1.82, 2.24) is 15.3 Å². The van der Waals surface area contributed by atoms with E-state index in [1.165, 1.54) is 0 Å². The first-order chi connectivity index (χ1) is 7.84. The maximum Gasteiger partial charge on any atom is 0.204 e. The summed E-state index contributed by atoms with van der Waals surface area (Å²) in [4.78, 5) is 10.3. The highest BCUT2D eigenvalue weighted by atomic mass is 15.3. The van der Waals surface area contributed by atoms with E-state index in [4.69, 9.17) is 0 Å². The Balaban J connectivity index is 1.98. The molecule has 0 saturated carbocycles. The molecule has 1 aromatic heterocycles. The SMILES string of the molecule is C[C@@H]1CNCCN1c1nc2ccccc2[nH]1. The molecule has 0 unspecified atom stereocenters. The molecule has 1 atom stereocenters. The zero-order valence-corrected chi connectivity index (χ0v) is 9.40. The first-order valence-electron chi connectivity index (χ1n) is 5.77. The third-order valence-electron chi connectivity index (χ3n) is 3.15. The molecule has 4 nitrogen and oxygen atoms in total. The van der Waals surface area contributed by atoms with E-state index >= 15 is 0 Å². The third-order valence-corrected chi connectivity index (χ3v) is 3.15. The molecule has 0 amide bonds. The van der Waals surface area contributed by atoms with Gasteiger partial charge in [0.15, 0.2) is 0 Å². The Bertz CT molecular complexity index is 457. The Morgan fingerprint density at radius 2 is 2.25 bits per heavy atom. The molecule has 2 aromatic rings. The largest absolute Gasteiger partial charge is 0.337 e. The van der Waals surface area contributed by atoms with Crippen molar-refractivity contribution in [1.29, 1.82) is 0 Å². The molecule has 3 rings (SSSR count). The normalized spacial score (nSPS) is 21.6. The lowest BCUT2D eigenvalue weighted by Gasteiger charge is -2.33. The van der Waals surface area contributed by atoms with Gasteiger partial charge in [-0.2, -0.15) is 0 Å². The van der Waals surface area contributed by atoms with Gasteiger partial charge in [-0.3, -0.25) is 0 Å². The lowest BCUT2D eigenvalue weighted by molar-refractivity contribution is 0.494. The molecule has 1 fully saturated rings. The van der Waals surface area contributed by atoms with Gasteiger partial charge in [-0.15, -0.1) is 0 Å². The number of aromatic amines is 1. The van der Waals surface area contributed by atoms with Gasteiger partial charge in [0.05, 0.1) is 11.0 Å². The van der Waals surface area contributed by atoms with Crippen molar-refractivity contribution in [2.24, 2.45) is 0 Å². The van der Waals surface area contributed by atoms with Crippen molar-refractivity contribution in [2.45, 2.75) is 13.0 Å². The molecule has 0 aliphatic carbocycles. The molecule has 0 spiro atoms. The van der Waals surface area contributed by atoms with Gasteiger partial charge in [0.2, 0.25) is 5.95 Å². The van der Waals surface area contributed by atoms with E-state index in [0.29, 0.717) is 6.04 Å². The molecule has 0 radical (unpaired) electrons. The number of para-hydroxylation sites is 2. The maximum absolute atomic E-state index is 4.63. The van der Waals surface area contributed by atoms with Crippen LogP contribution in [0.1, 0.15) is 6.92 Å². The molecule has 0 bridgehead atoms. The number of aromatic nitrogens is 2. The molecule has 1 saturated heterocycles. The van der Waals surface area contributed by atoms with Crippen LogP contribution in [0.25, 0.3) is 11.0 Å². The fourth-order valence-corrected chi connectivity index (χ4v) is 2.23. The van der Waals surface area contributed by atoms with E-state index < -0.39 is 0 Å². The number of hydrogen-bond acceptors (Lipinski definition) is 3. The highest BCUT2D eigenvalue weighted by molar-refractivity contribution is 5.77. The van der Waals surface area contributed by atoms with Crippen LogP contribution in [0, 0.1) is 0 Å². The Morgan fingerprint density at radius 1 is 1.38 bits per heavy atom. The molecule has 16 heavy (non-hydrogen) atoms. The predicted molar refractivity (Wildman–Crippen MR) is 65.8 cm³/mol. The predicted octanol–water partition coefficient (Wildman–Crippen LogP) is 1.36. The van der Waals surface area contributed by atoms with Gasteiger partial charge >= 0.3 is 0 Å². The summed E-state index contributed by atoms with van der Waals surface area (Å²) in [5.74, 6) is 0.996. The van der Waals surface area contributed by atoms with Crippen molar-refractivity contribution in [3.63, 3.8) is 0 Å². The zero-order valence-electron chi connectivity index (χ0n) is 9.40. The third kappa shape index (κ3) is 1.55. The topological polar surface area (TPSA) is 44.0 Å². The Kier molecular flexibility index (Phi) is 2.29. The van der Waals surface area contributed by atoms with Crippen LogP contribution >= 0.6 is 0 Å². The minimum Gasteiger partial charge on any atom is -0.337 e. The van der Waals surface area contributed by atoms with Gasteiger partial charge in [0.1, 0.15) is 0 Å². The molecular formula is C12H16N4. The summed E-state index contributed by atoms with van der Waals surface area (Å²) in [5.41, 5.74) is 2.16. The Morgan fingerprint density at radius 3 is 3.06 bits per heavy atom. The van der Waals surface area contributed by atoms with Crippen LogP contribution in [0.2, 0.25) is 0 Å². The van der Waals surface area contributed by atoms with Crippen LogP contribution < -0.4 is 10.2 Å². The molecule has 84 valence electrons. The minimum atomic E-state index is 0.495. The van der Waals surface area contributed by atoms with Crippen LogP contribution in [-0.4, -0.2) is 35.6 Å². The number of rotatable bonds is 1. The summed E-state index contributed by atoms with van der Waals surface area (Å²) in [5, 5.41) is 3.38. The van der Waals surface area contributed by atoms with Crippen LogP contribution in [-0.2, 0) is 0 Å². The van der Waals surface area contributed by atoms with Crippen molar-refractivity contribution < 1.29 is 0 Å². The standard InChI is InChI=1S/C12H16N4/c1-9-8-13-6-7-16(9)12-14-10-4-2-3-5-11(10)15-12/h2-5,9,13H,6-8H2,1H3,(H,14,15)/t9-/m1/s1. The summed E-state index contributed by atoms with van der Waals surface area (Å²) in [6.45, 7) is 5.29. The van der Waals surface area contributed by atoms with Gasteiger partial charge in [-0.05, 0) is 19.1 Å². The van der Waals surface area contributed by atoms with Gasteiger partial charge < -0.3 is 15.2 Å². The van der Waals surface area contributed by atoms with Crippen LogP contribution in [0.5, 0.6) is 0 Å².